The topological polar surface area (TPSA) is 78.3 Å². The zero-order valence-corrected chi connectivity index (χ0v) is 19.9. The number of fused-ring (bicyclic) bond motifs is 1. The first-order chi connectivity index (χ1) is 15.3. The fourth-order valence-electron chi connectivity index (χ4n) is 3.48. The third kappa shape index (κ3) is 6.68. The number of carbonyl (C=O) groups is 1. The molecule has 1 N–H and O–H groups in total. The molecule has 0 spiro atoms. The second-order valence-corrected chi connectivity index (χ2v) is 8.97. The van der Waals surface area contributed by atoms with Crippen molar-refractivity contribution in [1.82, 2.24) is 20.1 Å². The predicted molar refractivity (Wildman–Crippen MR) is 126 cm³/mol. The molecule has 8 heteroatoms. The zero-order valence-electron chi connectivity index (χ0n) is 19.1. The molecule has 0 saturated carbocycles. The highest BCUT2D eigenvalue weighted by atomic mass is 35.5. The molecular formula is C24H31ClN4O3. The molecule has 3 aromatic rings. The Bertz CT molecular complexity index is 1030. The largest absolute Gasteiger partial charge is 0.444 e. The number of alkyl carbamates (subject to hydrolysis) is 1. The van der Waals surface area contributed by atoms with Crippen LogP contribution in [0.2, 0.25) is 5.15 Å². The molecule has 1 atom stereocenters. The second kappa shape index (κ2) is 10.8. The van der Waals surface area contributed by atoms with Crippen molar-refractivity contribution in [2.24, 2.45) is 0 Å². The Kier molecular flexibility index (Phi) is 8.10. The quantitative estimate of drug-likeness (QED) is 0.347. The Morgan fingerprint density at radius 2 is 2.00 bits per heavy atom. The Hall–Kier alpha value is -2.64. The van der Waals surface area contributed by atoms with Crippen LogP contribution in [-0.2, 0) is 22.4 Å². The van der Waals surface area contributed by atoms with Crippen molar-refractivity contribution >= 4 is 28.6 Å². The van der Waals surface area contributed by atoms with E-state index in [2.05, 4.69) is 22.3 Å². The van der Waals surface area contributed by atoms with Gasteiger partial charge in [-0.25, -0.2) is 9.78 Å². The highest BCUT2D eigenvalue weighted by Gasteiger charge is 2.21. The lowest BCUT2D eigenvalue weighted by molar-refractivity contribution is 0.0439. The second-order valence-electron chi connectivity index (χ2n) is 8.58. The van der Waals surface area contributed by atoms with Crippen molar-refractivity contribution in [2.45, 2.75) is 58.7 Å². The van der Waals surface area contributed by atoms with E-state index in [-0.39, 0.29) is 6.04 Å². The van der Waals surface area contributed by atoms with E-state index in [4.69, 9.17) is 21.1 Å². The number of ether oxygens (including phenoxy) is 2. The third-order valence-electron chi connectivity index (χ3n) is 4.84. The van der Waals surface area contributed by atoms with Gasteiger partial charge in [0.05, 0.1) is 30.1 Å². The monoisotopic (exact) mass is 458 g/mol. The molecule has 32 heavy (non-hydrogen) atoms. The maximum absolute atomic E-state index is 12.3. The number of rotatable bonds is 9. The summed E-state index contributed by atoms with van der Waals surface area (Å²) in [6.07, 6.45) is 2.84. The summed E-state index contributed by atoms with van der Waals surface area (Å²) in [4.78, 5) is 16.8. The summed E-state index contributed by atoms with van der Waals surface area (Å²) >= 11 is 6.19. The van der Waals surface area contributed by atoms with Crippen LogP contribution in [0.1, 0.15) is 51.4 Å². The molecule has 2 aromatic heterocycles. The lowest BCUT2D eigenvalue weighted by Gasteiger charge is -2.24. The van der Waals surface area contributed by atoms with E-state index in [9.17, 15) is 4.79 Å². The van der Waals surface area contributed by atoms with Crippen LogP contribution in [-0.4, -0.2) is 39.7 Å². The van der Waals surface area contributed by atoms with Crippen molar-refractivity contribution < 1.29 is 14.3 Å². The summed E-state index contributed by atoms with van der Waals surface area (Å²) in [6, 6.07) is 11.3. The average molecular weight is 459 g/mol. The normalized spacial score (nSPS) is 12.7. The molecule has 3 rings (SSSR count). The standard InChI is InChI=1S/C24H31ClN4O3/c1-5-29-22-18(15-26-29)14-21(25)27-19(22)12-9-13-31-16-20(17-10-7-6-8-11-17)28-23(30)32-24(2,3)4/h6-8,10-11,14-15,20H,5,9,12-13,16H2,1-4H3,(H,28,30). The summed E-state index contributed by atoms with van der Waals surface area (Å²) in [5, 5.41) is 8.78. The van der Waals surface area contributed by atoms with Gasteiger partial charge in [-0.3, -0.25) is 4.68 Å². The number of benzene rings is 1. The van der Waals surface area contributed by atoms with E-state index in [1.54, 1.807) is 0 Å². The molecule has 172 valence electrons. The van der Waals surface area contributed by atoms with E-state index in [1.807, 2.05) is 68.0 Å². The number of hydrogen-bond acceptors (Lipinski definition) is 5. The SMILES string of the molecule is CCn1ncc2cc(Cl)nc(CCCOCC(NC(=O)OC(C)(C)C)c3ccccc3)c21. The number of amides is 1. The van der Waals surface area contributed by atoms with Gasteiger partial charge in [0, 0.05) is 18.5 Å². The first kappa shape index (κ1) is 24.0. The van der Waals surface area contributed by atoms with Crippen molar-refractivity contribution in [3.05, 3.63) is 59.0 Å². The lowest BCUT2D eigenvalue weighted by Crippen LogP contribution is -2.36. The van der Waals surface area contributed by atoms with Gasteiger partial charge in [0.25, 0.3) is 0 Å². The molecule has 1 unspecified atom stereocenters. The average Bonchev–Trinajstić information content (AvgIpc) is 3.14. The van der Waals surface area contributed by atoms with Crippen molar-refractivity contribution in [3.8, 4) is 0 Å². The highest BCUT2D eigenvalue weighted by Crippen LogP contribution is 2.22. The fourth-order valence-corrected chi connectivity index (χ4v) is 3.70. The minimum Gasteiger partial charge on any atom is -0.444 e. The summed E-state index contributed by atoms with van der Waals surface area (Å²) in [6.45, 7) is 9.20. The molecule has 7 nitrogen and oxygen atoms in total. The van der Waals surface area contributed by atoms with Crippen LogP contribution in [0.25, 0.3) is 10.9 Å². The molecule has 0 aliphatic heterocycles. The summed E-state index contributed by atoms with van der Waals surface area (Å²) in [5.41, 5.74) is 2.34. The van der Waals surface area contributed by atoms with E-state index in [0.29, 0.717) is 18.4 Å². The van der Waals surface area contributed by atoms with Crippen LogP contribution in [0.5, 0.6) is 0 Å². The number of hydrogen-bond donors (Lipinski definition) is 1. The molecule has 0 radical (unpaired) electrons. The number of carbonyl (C=O) groups excluding carboxylic acids is 1. The summed E-state index contributed by atoms with van der Waals surface area (Å²) in [5.74, 6) is 0. The molecule has 1 amide bonds. The number of halogens is 1. The molecule has 1 aromatic carbocycles. The van der Waals surface area contributed by atoms with Gasteiger partial charge < -0.3 is 14.8 Å². The van der Waals surface area contributed by atoms with E-state index in [0.717, 1.165) is 41.5 Å². The van der Waals surface area contributed by atoms with E-state index < -0.39 is 11.7 Å². The first-order valence-electron chi connectivity index (χ1n) is 10.9. The Morgan fingerprint density at radius 1 is 1.25 bits per heavy atom. The summed E-state index contributed by atoms with van der Waals surface area (Å²) in [7, 11) is 0. The molecule has 0 fully saturated rings. The van der Waals surface area contributed by atoms with Crippen molar-refractivity contribution in [3.63, 3.8) is 0 Å². The van der Waals surface area contributed by atoms with Crippen LogP contribution >= 0.6 is 11.6 Å². The maximum atomic E-state index is 12.3. The van der Waals surface area contributed by atoms with Gasteiger partial charge >= 0.3 is 6.09 Å². The van der Waals surface area contributed by atoms with Gasteiger partial charge in [0.1, 0.15) is 10.8 Å². The number of pyridine rings is 1. The number of nitrogens with zero attached hydrogens (tertiary/aromatic N) is 3. The van der Waals surface area contributed by atoms with Crippen LogP contribution in [0.3, 0.4) is 0 Å². The van der Waals surface area contributed by atoms with Crippen LogP contribution < -0.4 is 5.32 Å². The van der Waals surface area contributed by atoms with Gasteiger partial charge in [-0.2, -0.15) is 5.10 Å². The van der Waals surface area contributed by atoms with E-state index >= 15 is 0 Å². The van der Waals surface area contributed by atoms with Gasteiger partial charge in [0.15, 0.2) is 0 Å². The first-order valence-corrected chi connectivity index (χ1v) is 11.3. The zero-order chi connectivity index (χ0) is 23.1. The minimum absolute atomic E-state index is 0.302. The third-order valence-corrected chi connectivity index (χ3v) is 5.03. The number of aromatic nitrogens is 3. The van der Waals surface area contributed by atoms with Gasteiger partial charge in [0.2, 0.25) is 0 Å². The van der Waals surface area contributed by atoms with Crippen LogP contribution in [0.15, 0.2) is 42.6 Å². The van der Waals surface area contributed by atoms with Gasteiger partial charge in [-0.05, 0) is 52.2 Å². The smallest absolute Gasteiger partial charge is 0.408 e. The molecule has 0 saturated heterocycles. The summed E-state index contributed by atoms with van der Waals surface area (Å²) < 4.78 is 13.3. The number of aryl methyl sites for hydroxylation is 2. The molecule has 0 aliphatic carbocycles. The molecule has 0 aliphatic rings. The Balaban J connectivity index is 1.58. The molecule has 2 heterocycles. The maximum Gasteiger partial charge on any atom is 0.408 e. The van der Waals surface area contributed by atoms with E-state index in [1.165, 1.54) is 0 Å². The highest BCUT2D eigenvalue weighted by molar-refractivity contribution is 6.30. The number of nitrogens with one attached hydrogen (secondary N) is 1. The lowest BCUT2D eigenvalue weighted by atomic mass is 10.1. The predicted octanol–water partition coefficient (Wildman–Crippen LogP) is 5.32. The van der Waals surface area contributed by atoms with Crippen LogP contribution in [0.4, 0.5) is 4.79 Å². The van der Waals surface area contributed by atoms with Crippen LogP contribution in [0, 0.1) is 0 Å². The van der Waals surface area contributed by atoms with Gasteiger partial charge in [-0.15, -0.1) is 0 Å². The minimum atomic E-state index is -0.563. The van der Waals surface area contributed by atoms with Crippen molar-refractivity contribution in [2.75, 3.05) is 13.2 Å². The van der Waals surface area contributed by atoms with Crippen molar-refractivity contribution in [1.29, 1.82) is 0 Å². The fraction of sp³-hybridized carbons (Fsp3) is 0.458. The molecule has 0 bridgehead atoms. The van der Waals surface area contributed by atoms with Gasteiger partial charge in [-0.1, -0.05) is 41.9 Å². The molecular weight excluding hydrogens is 428 g/mol. The Labute approximate surface area is 194 Å². The Morgan fingerprint density at radius 3 is 2.69 bits per heavy atom.